The summed E-state index contributed by atoms with van der Waals surface area (Å²) in [6, 6.07) is 0. The Morgan fingerprint density at radius 1 is 1.50 bits per heavy atom. The predicted octanol–water partition coefficient (Wildman–Crippen LogP) is 2.36. The lowest BCUT2D eigenvalue weighted by molar-refractivity contribution is 0.358. The van der Waals surface area contributed by atoms with E-state index in [1.54, 1.807) is 0 Å². The molecule has 0 amide bonds. The zero-order valence-corrected chi connectivity index (χ0v) is 7.95. The van der Waals surface area contributed by atoms with Crippen LogP contribution in [0, 0.1) is 5.41 Å². The molecular weight excluding hydrogens is 213 g/mol. The number of halogens is 1. The normalized spacial score (nSPS) is 12.0. The van der Waals surface area contributed by atoms with Gasteiger partial charge in [-0.2, -0.15) is 0 Å². The summed E-state index contributed by atoms with van der Waals surface area (Å²) in [5, 5.41) is 0. The average molecular weight is 227 g/mol. The van der Waals surface area contributed by atoms with Crippen LogP contribution in [0.3, 0.4) is 0 Å². The van der Waals surface area contributed by atoms with E-state index in [9.17, 15) is 0 Å². The van der Waals surface area contributed by atoms with Gasteiger partial charge in [0, 0.05) is 29.4 Å². The smallest absolute Gasteiger partial charge is 0.0169 e. The molecule has 0 atom stereocenters. The second kappa shape index (κ2) is 3.67. The molecule has 0 aromatic carbocycles. The Morgan fingerprint density at radius 3 is 2.12 bits per heavy atom. The fourth-order valence-electron chi connectivity index (χ4n) is 0.306. The summed E-state index contributed by atoms with van der Waals surface area (Å²) in [6.45, 7) is 7.84. The second-order valence-corrected chi connectivity index (χ2v) is 3.59. The summed E-state index contributed by atoms with van der Waals surface area (Å²) in [6.07, 6.45) is 1.24. The third kappa shape index (κ3) is 3.66. The zero-order valence-electron chi connectivity index (χ0n) is 5.79. The molecule has 0 spiro atoms. The van der Waals surface area contributed by atoms with Crippen molar-refractivity contribution >= 4 is 22.9 Å². The lowest BCUT2D eigenvalue weighted by atomic mass is 9.91. The first-order valence-electron chi connectivity index (χ1n) is 2.96. The van der Waals surface area contributed by atoms with Crippen LogP contribution >= 0.6 is 22.9 Å². The van der Waals surface area contributed by atoms with Gasteiger partial charge in [-0.05, 0) is 11.8 Å². The number of hydrogen-bond acceptors (Lipinski definition) is 1. The Hall–Kier alpha value is 0.690. The molecular formula is C6H14IN. The summed E-state index contributed by atoms with van der Waals surface area (Å²) in [7, 11) is 0. The van der Waals surface area contributed by atoms with E-state index in [0.717, 1.165) is 6.54 Å². The lowest BCUT2D eigenvalue weighted by Crippen LogP contribution is -2.22. The summed E-state index contributed by atoms with van der Waals surface area (Å²) >= 11 is 2.19. The van der Waals surface area contributed by atoms with E-state index in [4.69, 9.17) is 0 Å². The maximum atomic E-state index is 3.13. The van der Waals surface area contributed by atoms with Crippen LogP contribution in [-0.2, 0) is 0 Å². The van der Waals surface area contributed by atoms with Crippen LogP contribution in [-0.4, -0.2) is 6.54 Å². The Bertz CT molecular complexity index is 61.5. The van der Waals surface area contributed by atoms with Crippen LogP contribution in [0.4, 0.5) is 0 Å². The molecule has 0 radical (unpaired) electrons. The Kier molecular flexibility index (Phi) is 3.98. The maximum absolute atomic E-state index is 3.13. The average Bonchev–Trinajstić information content (AvgIpc) is 1.67. The minimum Gasteiger partial charge on any atom is -0.261 e. The Labute approximate surface area is 65.7 Å². The van der Waals surface area contributed by atoms with Gasteiger partial charge in [0.05, 0.1) is 0 Å². The molecule has 50 valence electrons. The molecule has 0 aromatic heterocycles. The molecule has 0 aromatic rings. The van der Waals surface area contributed by atoms with Crippen LogP contribution in [0.2, 0.25) is 0 Å². The lowest BCUT2D eigenvalue weighted by Gasteiger charge is -2.20. The fourth-order valence-corrected chi connectivity index (χ4v) is 1.34. The van der Waals surface area contributed by atoms with Gasteiger partial charge in [0.2, 0.25) is 0 Å². The first kappa shape index (κ1) is 8.69. The molecule has 0 aliphatic rings. The van der Waals surface area contributed by atoms with Crippen molar-refractivity contribution in [3.8, 4) is 0 Å². The topological polar surface area (TPSA) is 12.0 Å². The van der Waals surface area contributed by atoms with E-state index < -0.39 is 0 Å². The van der Waals surface area contributed by atoms with Crippen molar-refractivity contribution in [2.24, 2.45) is 5.41 Å². The fraction of sp³-hybridized carbons (Fsp3) is 1.00. The van der Waals surface area contributed by atoms with Crippen LogP contribution in [0.5, 0.6) is 0 Å². The van der Waals surface area contributed by atoms with E-state index in [-0.39, 0.29) is 0 Å². The number of rotatable bonds is 3. The highest BCUT2D eigenvalue weighted by Gasteiger charge is 2.12. The van der Waals surface area contributed by atoms with Crippen LogP contribution < -0.4 is 3.53 Å². The molecule has 0 rings (SSSR count). The highest BCUT2D eigenvalue weighted by molar-refractivity contribution is 14.1. The minimum atomic E-state index is 0.473. The van der Waals surface area contributed by atoms with Gasteiger partial charge in [0.1, 0.15) is 0 Å². The van der Waals surface area contributed by atoms with E-state index in [1.165, 1.54) is 6.42 Å². The molecule has 0 bridgehead atoms. The van der Waals surface area contributed by atoms with Crippen molar-refractivity contribution in [1.29, 1.82) is 0 Å². The van der Waals surface area contributed by atoms with Gasteiger partial charge in [0.25, 0.3) is 0 Å². The number of hydrogen-bond donors (Lipinski definition) is 1. The molecule has 0 unspecified atom stereocenters. The van der Waals surface area contributed by atoms with E-state index >= 15 is 0 Å². The summed E-state index contributed by atoms with van der Waals surface area (Å²) < 4.78 is 3.13. The van der Waals surface area contributed by atoms with Crippen molar-refractivity contribution in [3.63, 3.8) is 0 Å². The highest BCUT2D eigenvalue weighted by atomic mass is 127. The van der Waals surface area contributed by atoms with Crippen LogP contribution in [0.25, 0.3) is 0 Å². The molecule has 1 N–H and O–H groups in total. The Balaban J connectivity index is 3.37. The van der Waals surface area contributed by atoms with Crippen molar-refractivity contribution in [3.05, 3.63) is 0 Å². The molecule has 8 heavy (non-hydrogen) atoms. The van der Waals surface area contributed by atoms with Crippen molar-refractivity contribution in [2.75, 3.05) is 6.54 Å². The highest BCUT2D eigenvalue weighted by Crippen LogP contribution is 2.17. The van der Waals surface area contributed by atoms with Gasteiger partial charge in [-0.3, -0.25) is 3.53 Å². The maximum Gasteiger partial charge on any atom is 0.0169 e. The SMILES string of the molecule is CCC(C)(C)CNI. The van der Waals surface area contributed by atoms with Gasteiger partial charge in [-0.25, -0.2) is 0 Å². The van der Waals surface area contributed by atoms with Crippen molar-refractivity contribution in [2.45, 2.75) is 27.2 Å². The van der Waals surface area contributed by atoms with Crippen LogP contribution in [0.1, 0.15) is 27.2 Å². The summed E-state index contributed by atoms with van der Waals surface area (Å²) in [5.74, 6) is 0. The molecule has 0 saturated heterocycles. The van der Waals surface area contributed by atoms with Gasteiger partial charge in [-0.1, -0.05) is 20.8 Å². The second-order valence-electron chi connectivity index (χ2n) is 2.83. The van der Waals surface area contributed by atoms with Crippen LogP contribution in [0.15, 0.2) is 0 Å². The quantitative estimate of drug-likeness (QED) is 0.576. The molecule has 0 aliphatic carbocycles. The van der Waals surface area contributed by atoms with Crippen molar-refractivity contribution in [1.82, 2.24) is 3.53 Å². The zero-order chi connectivity index (χ0) is 6.62. The largest absolute Gasteiger partial charge is 0.261 e. The molecule has 0 aliphatic heterocycles. The van der Waals surface area contributed by atoms with Gasteiger partial charge in [-0.15, -0.1) is 0 Å². The minimum absolute atomic E-state index is 0.473. The third-order valence-corrected chi connectivity index (χ3v) is 1.88. The van der Waals surface area contributed by atoms with E-state index in [1.807, 2.05) is 0 Å². The van der Waals surface area contributed by atoms with Gasteiger partial charge >= 0.3 is 0 Å². The third-order valence-electron chi connectivity index (χ3n) is 1.50. The predicted molar refractivity (Wildman–Crippen MR) is 46.1 cm³/mol. The van der Waals surface area contributed by atoms with Gasteiger partial charge < -0.3 is 0 Å². The van der Waals surface area contributed by atoms with Gasteiger partial charge in [0.15, 0.2) is 0 Å². The first-order chi connectivity index (χ1) is 3.62. The standard InChI is InChI=1S/C6H14IN/c1-4-6(2,3)5-8-7/h8H,4-5H2,1-3H3. The monoisotopic (exact) mass is 227 g/mol. The summed E-state index contributed by atoms with van der Waals surface area (Å²) in [4.78, 5) is 0. The van der Waals surface area contributed by atoms with E-state index in [0.29, 0.717) is 5.41 Å². The Morgan fingerprint density at radius 2 is 2.00 bits per heavy atom. The molecule has 2 heteroatoms. The first-order valence-corrected chi connectivity index (χ1v) is 4.04. The van der Waals surface area contributed by atoms with Crippen molar-refractivity contribution < 1.29 is 0 Å². The number of nitrogens with one attached hydrogen (secondary N) is 1. The molecule has 1 nitrogen and oxygen atoms in total. The molecule has 0 fully saturated rings. The molecule has 0 saturated carbocycles. The van der Waals surface area contributed by atoms with E-state index in [2.05, 4.69) is 47.2 Å². The summed E-state index contributed by atoms with van der Waals surface area (Å²) in [5.41, 5.74) is 0.473. The molecule has 0 heterocycles.